The first-order valence-electron chi connectivity index (χ1n) is 6.24. The molecule has 0 aromatic carbocycles. The number of hydrogen-bond donors (Lipinski definition) is 1. The van der Waals surface area contributed by atoms with Crippen LogP contribution in [-0.4, -0.2) is 59.5 Å². The van der Waals surface area contributed by atoms with Gasteiger partial charge < -0.3 is 10.0 Å². The molecule has 1 N–H and O–H groups in total. The van der Waals surface area contributed by atoms with E-state index < -0.39 is 11.9 Å². The van der Waals surface area contributed by atoms with Crippen molar-refractivity contribution in [3.8, 4) is 6.07 Å². The van der Waals surface area contributed by atoms with Gasteiger partial charge in [-0.1, -0.05) is 0 Å². The fourth-order valence-electron chi connectivity index (χ4n) is 2.38. The van der Waals surface area contributed by atoms with E-state index in [1.807, 2.05) is 0 Å². The molecule has 18 heavy (non-hydrogen) atoms. The molecule has 0 radical (unpaired) electrons. The molecule has 2 fully saturated rings. The Morgan fingerprint density at radius 3 is 2.39 bits per heavy atom. The number of carbonyl (C=O) groups excluding carboxylic acids is 1. The summed E-state index contributed by atoms with van der Waals surface area (Å²) in [5.41, 5.74) is 0. The number of carbonyl (C=O) groups is 2. The Bertz CT molecular complexity index is 383. The third-order valence-corrected chi connectivity index (χ3v) is 3.65. The number of rotatable bonds is 4. The Morgan fingerprint density at radius 2 is 1.89 bits per heavy atom. The monoisotopic (exact) mass is 251 g/mol. The summed E-state index contributed by atoms with van der Waals surface area (Å²) < 4.78 is 0. The molecular weight excluding hydrogens is 234 g/mol. The average Bonchev–Trinajstić information content (AvgIpc) is 3.16. The number of nitrogens with zero attached hydrogens (tertiary/aromatic N) is 3. The van der Waals surface area contributed by atoms with Crippen molar-refractivity contribution in [2.75, 3.05) is 32.7 Å². The molecule has 1 amide bonds. The number of nitriles is 1. The van der Waals surface area contributed by atoms with Crippen LogP contribution in [0.15, 0.2) is 0 Å². The highest BCUT2D eigenvalue weighted by Crippen LogP contribution is 2.40. The van der Waals surface area contributed by atoms with Crippen LogP contribution in [0.25, 0.3) is 0 Å². The summed E-state index contributed by atoms with van der Waals surface area (Å²) in [5.74, 6) is -1.63. The van der Waals surface area contributed by atoms with Gasteiger partial charge >= 0.3 is 5.97 Å². The molecule has 0 aromatic heterocycles. The second kappa shape index (κ2) is 5.36. The number of carboxylic acids is 1. The van der Waals surface area contributed by atoms with Gasteiger partial charge in [0.25, 0.3) is 0 Å². The van der Waals surface area contributed by atoms with Crippen molar-refractivity contribution in [3.63, 3.8) is 0 Å². The van der Waals surface area contributed by atoms with Gasteiger partial charge in [-0.05, 0) is 6.42 Å². The minimum absolute atomic E-state index is 0.0117. The lowest BCUT2D eigenvalue weighted by molar-refractivity contribution is -0.142. The van der Waals surface area contributed by atoms with E-state index in [4.69, 9.17) is 10.4 Å². The van der Waals surface area contributed by atoms with Gasteiger partial charge in [-0.25, -0.2) is 0 Å². The summed E-state index contributed by atoms with van der Waals surface area (Å²) in [6, 6.07) is 2.11. The molecule has 0 bridgehead atoms. The molecule has 1 aliphatic carbocycles. The largest absolute Gasteiger partial charge is 0.481 e. The van der Waals surface area contributed by atoms with Crippen molar-refractivity contribution < 1.29 is 14.7 Å². The molecule has 1 heterocycles. The third kappa shape index (κ3) is 2.79. The number of piperazine rings is 1. The molecule has 0 aromatic rings. The molecule has 2 atom stereocenters. The Morgan fingerprint density at radius 1 is 1.22 bits per heavy atom. The Hall–Kier alpha value is -1.61. The topological polar surface area (TPSA) is 84.6 Å². The van der Waals surface area contributed by atoms with Crippen molar-refractivity contribution in [2.24, 2.45) is 11.8 Å². The highest BCUT2D eigenvalue weighted by atomic mass is 16.4. The van der Waals surface area contributed by atoms with Crippen LogP contribution in [0.2, 0.25) is 0 Å². The van der Waals surface area contributed by atoms with Crippen molar-refractivity contribution in [2.45, 2.75) is 12.8 Å². The van der Waals surface area contributed by atoms with Gasteiger partial charge in [0.05, 0.1) is 17.9 Å². The second-order valence-corrected chi connectivity index (χ2v) is 4.86. The van der Waals surface area contributed by atoms with E-state index in [1.54, 1.807) is 4.90 Å². The van der Waals surface area contributed by atoms with Crippen LogP contribution in [0, 0.1) is 23.2 Å². The lowest BCUT2D eigenvalue weighted by Gasteiger charge is -2.34. The van der Waals surface area contributed by atoms with E-state index >= 15 is 0 Å². The van der Waals surface area contributed by atoms with E-state index in [1.165, 1.54) is 0 Å². The molecule has 0 unspecified atom stereocenters. The number of carboxylic acid groups (broad SMARTS) is 1. The van der Waals surface area contributed by atoms with Crippen molar-refractivity contribution in [1.29, 1.82) is 5.26 Å². The summed E-state index contributed by atoms with van der Waals surface area (Å²) in [6.07, 6.45) is 1.00. The van der Waals surface area contributed by atoms with E-state index in [2.05, 4.69) is 11.0 Å². The molecule has 6 heteroatoms. The second-order valence-electron chi connectivity index (χ2n) is 4.86. The first-order valence-corrected chi connectivity index (χ1v) is 6.24. The Kier molecular flexibility index (Phi) is 3.82. The maximum atomic E-state index is 12.0. The Balaban J connectivity index is 1.75. The molecule has 2 aliphatic rings. The zero-order valence-electron chi connectivity index (χ0n) is 10.2. The zero-order valence-corrected chi connectivity index (χ0v) is 10.2. The van der Waals surface area contributed by atoms with Crippen LogP contribution in [0.1, 0.15) is 12.8 Å². The molecule has 0 spiro atoms. The molecular formula is C12H17N3O3. The van der Waals surface area contributed by atoms with Gasteiger partial charge in [0.15, 0.2) is 0 Å². The summed E-state index contributed by atoms with van der Waals surface area (Å²) in [7, 11) is 0. The van der Waals surface area contributed by atoms with E-state index in [0.29, 0.717) is 25.9 Å². The standard InChI is InChI=1S/C12H17N3O3/c13-2-1-3-14-4-6-15(7-5-14)11(16)9-8-10(9)12(17)18/h9-10H,1,3-8H2,(H,17,18)/t9-,10+/m1/s1. The molecule has 2 rings (SSSR count). The smallest absolute Gasteiger partial charge is 0.307 e. The quantitative estimate of drug-likeness (QED) is 0.745. The molecule has 6 nitrogen and oxygen atoms in total. The maximum absolute atomic E-state index is 12.0. The summed E-state index contributed by atoms with van der Waals surface area (Å²) in [5, 5.41) is 17.3. The van der Waals surface area contributed by atoms with Crippen molar-refractivity contribution in [1.82, 2.24) is 9.80 Å². The third-order valence-electron chi connectivity index (χ3n) is 3.65. The lowest BCUT2D eigenvalue weighted by Crippen LogP contribution is -2.49. The predicted octanol–water partition coefficient (Wildman–Crippen LogP) is -0.235. The fourth-order valence-corrected chi connectivity index (χ4v) is 2.38. The van der Waals surface area contributed by atoms with Crippen LogP contribution in [-0.2, 0) is 9.59 Å². The van der Waals surface area contributed by atoms with E-state index in [9.17, 15) is 9.59 Å². The van der Waals surface area contributed by atoms with Crippen LogP contribution in [0.5, 0.6) is 0 Å². The van der Waals surface area contributed by atoms with Crippen LogP contribution >= 0.6 is 0 Å². The van der Waals surface area contributed by atoms with Gasteiger partial charge in [-0.2, -0.15) is 5.26 Å². The maximum Gasteiger partial charge on any atom is 0.307 e. The van der Waals surface area contributed by atoms with E-state index in [-0.39, 0.29) is 11.8 Å². The van der Waals surface area contributed by atoms with Crippen LogP contribution in [0.3, 0.4) is 0 Å². The summed E-state index contributed by atoms with van der Waals surface area (Å²) in [4.78, 5) is 26.6. The zero-order chi connectivity index (χ0) is 13.1. The van der Waals surface area contributed by atoms with Gasteiger partial charge in [-0.15, -0.1) is 0 Å². The highest BCUT2D eigenvalue weighted by molar-refractivity contribution is 5.89. The molecule has 1 saturated heterocycles. The minimum atomic E-state index is -0.860. The number of aliphatic carboxylic acids is 1. The molecule has 1 saturated carbocycles. The van der Waals surface area contributed by atoms with Gasteiger partial charge in [0, 0.05) is 39.1 Å². The van der Waals surface area contributed by atoms with Gasteiger partial charge in [0.2, 0.25) is 5.91 Å². The molecule has 1 aliphatic heterocycles. The first kappa shape index (κ1) is 12.8. The highest BCUT2D eigenvalue weighted by Gasteiger charge is 2.49. The summed E-state index contributed by atoms with van der Waals surface area (Å²) in [6.45, 7) is 3.59. The SMILES string of the molecule is N#CCCN1CCN(C(=O)[C@@H]2C[C@@H]2C(=O)O)CC1. The fraction of sp³-hybridized carbons (Fsp3) is 0.750. The van der Waals surface area contributed by atoms with Gasteiger partial charge in [-0.3, -0.25) is 14.5 Å². The summed E-state index contributed by atoms with van der Waals surface area (Å²) >= 11 is 0. The van der Waals surface area contributed by atoms with Gasteiger partial charge in [0.1, 0.15) is 0 Å². The van der Waals surface area contributed by atoms with Crippen LogP contribution < -0.4 is 0 Å². The predicted molar refractivity (Wildman–Crippen MR) is 62.5 cm³/mol. The number of hydrogen-bond acceptors (Lipinski definition) is 4. The minimum Gasteiger partial charge on any atom is -0.481 e. The van der Waals surface area contributed by atoms with Crippen molar-refractivity contribution >= 4 is 11.9 Å². The normalized spacial score (nSPS) is 27.6. The molecule has 98 valence electrons. The van der Waals surface area contributed by atoms with E-state index in [0.717, 1.165) is 19.6 Å². The first-order chi connectivity index (χ1) is 8.63. The van der Waals surface area contributed by atoms with Crippen molar-refractivity contribution in [3.05, 3.63) is 0 Å². The van der Waals surface area contributed by atoms with Crippen LogP contribution in [0.4, 0.5) is 0 Å². The average molecular weight is 251 g/mol. The number of amides is 1. The lowest BCUT2D eigenvalue weighted by atomic mass is 10.2. The Labute approximate surface area is 106 Å².